The van der Waals surface area contributed by atoms with Crippen LogP contribution in [0.25, 0.3) is 5.69 Å². The molecule has 0 spiro atoms. The van der Waals surface area contributed by atoms with E-state index in [4.69, 9.17) is 0 Å². The van der Waals surface area contributed by atoms with Gasteiger partial charge < -0.3 is 10.2 Å². The summed E-state index contributed by atoms with van der Waals surface area (Å²) < 4.78 is 3.05. The Hall–Kier alpha value is -4.17. The van der Waals surface area contributed by atoms with Gasteiger partial charge in [0.05, 0.1) is 11.7 Å². The third-order valence-electron chi connectivity index (χ3n) is 7.56. The first-order valence-corrected chi connectivity index (χ1v) is 14.0. The van der Waals surface area contributed by atoms with E-state index in [-0.39, 0.29) is 23.7 Å². The molecule has 0 radical (unpaired) electrons. The van der Waals surface area contributed by atoms with Crippen LogP contribution in [0.5, 0.6) is 0 Å². The average molecular weight is 539 g/mol. The van der Waals surface area contributed by atoms with Gasteiger partial charge in [0.15, 0.2) is 5.54 Å². The van der Waals surface area contributed by atoms with Crippen LogP contribution in [0.15, 0.2) is 96.1 Å². The highest BCUT2D eigenvalue weighted by Crippen LogP contribution is 2.38. The lowest BCUT2D eigenvalue weighted by molar-refractivity contribution is -0.132. The summed E-state index contributed by atoms with van der Waals surface area (Å²) in [7, 11) is 0. The number of nitrogens with one attached hydrogen (secondary N) is 1. The van der Waals surface area contributed by atoms with E-state index in [9.17, 15) is 9.59 Å². The molecule has 8 nitrogen and oxygen atoms in total. The molecule has 4 aromatic rings. The van der Waals surface area contributed by atoms with Crippen LogP contribution >= 0.6 is 0 Å². The van der Waals surface area contributed by atoms with Gasteiger partial charge in [0, 0.05) is 37.9 Å². The molecule has 0 unspecified atom stereocenters. The quantitative estimate of drug-likeness (QED) is 0.364. The van der Waals surface area contributed by atoms with Crippen LogP contribution in [0.1, 0.15) is 44.9 Å². The van der Waals surface area contributed by atoms with Gasteiger partial charge in [-0.25, -0.2) is 14.0 Å². The summed E-state index contributed by atoms with van der Waals surface area (Å²) in [5, 5.41) is 7.46. The minimum absolute atomic E-state index is 0.00540. The predicted octanol–water partition coefficient (Wildman–Crippen LogP) is 4.21. The number of amides is 1. The van der Waals surface area contributed by atoms with E-state index in [2.05, 4.69) is 56.6 Å². The van der Waals surface area contributed by atoms with Crippen LogP contribution in [0.2, 0.25) is 0 Å². The highest BCUT2D eigenvalue weighted by Gasteiger charge is 2.48. The third kappa shape index (κ3) is 5.07. The Morgan fingerprint density at radius 3 is 1.77 bits per heavy atom. The normalized spacial score (nSPS) is 14.6. The van der Waals surface area contributed by atoms with Gasteiger partial charge in [-0.3, -0.25) is 9.69 Å². The number of carbonyl (C=O) groups is 1. The van der Waals surface area contributed by atoms with Crippen LogP contribution in [-0.4, -0.2) is 57.4 Å². The zero-order valence-electron chi connectivity index (χ0n) is 23.7. The van der Waals surface area contributed by atoms with Crippen LogP contribution in [0, 0.1) is 0 Å². The third-order valence-corrected chi connectivity index (χ3v) is 7.56. The fraction of sp³-hybridized carbons (Fsp3) is 0.344. The number of piperazine rings is 1. The number of benzene rings is 3. The molecule has 5 rings (SSSR count). The van der Waals surface area contributed by atoms with E-state index in [0.717, 1.165) is 35.6 Å². The summed E-state index contributed by atoms with van der Waals surface area (Å²) >= 11 is 0. The molecule has 1 aliphatic heterocycles. The molecule has 1 saturated heterocycles. The maximum Gasteiger partial charge on any atom is 0.350 e. The van der Waals surface area contributed by atoms with E-state index in [0.29, 0.717) is 13.1 Å². The molecule has 2 heterocycles. The molecule has 1 amide bonds. The van der Waals surface area contributed by atoms with Crippen molar-refractivity contribution in [3.63, 3.8) is 0 Å². The molecule has 1 aliphatic rings. The number of hydrogen-bond acceptors (Lipinski definition) is 5. The van der Waals surface area contributed by atoms with E-state index in [1.807, 2.05) is 76.2 Å². The monoisotopic (exact) mass is 538 g/mol. The predicted molar refractivity (Wildman–Crippen MR) is 159 cm³/mol. The van der Waals surface area contributed by atoms with Gasteiger partial charge in [-0.15, -0.1) is 0 Å². The number of anilines is 1. The first kappa shape index (κ1) is 27.4. The molecule has 40 heavy (non-hydrogen) atoms. The topological polar surface area (TPSA) is 75.4 Å². The summed E-state index contributed by atoms with van der Waals surface area (Å²) in [4.78, 5) is 31.5. The second-order valence-electron chi connectivity index (χ2n) is 10.9. The van der Waals surface area contributed by atoms with Crippen molar-refractivity contribution in [2.75, 3.05) is 31.1 Å². The van der Waals surface area contributed by atoms with Crippen molar-refractivity contribution in [2.45, 2.75) is 45.3 Å². The van der Waals surface area contributed by atoms with Gasteiger partial charge in [-0.1, -0.05) is 60.7 Å². The smallest absolute Gasteiger partial charge is 0.350 e. The number of carbonyl (C=O) groups excluding carboxylic acids is 1. The molecule has 0 bridgehead atoms. The highest BCUT2D eigenvalue weighted by molar-refractivity contribution is 5.92. The van der Waals surface area contributed by atoms with E-state index >= 15 is 0 Å². The van der Waals surface area contributed by atoms with Crippen molar-refractivity contribution in [3.05, 3.63) is 113 Å². The Morgan fingerprint density at radius 2 is 1.30 bits per heavy atom. The molecule has 8 heteroatoms. The molecule has 0 atom stereocenters. The van der Waals surface area contributed by atoms with Gasteiger partial charge >= 0.3 is 5.69 Å². The Kier molecular flexibility index (Phi) is 7.89. The fourth-order valence-electron chi connectivity index (χ4n) is 5.63. The molecule has 208 valence electrons. The van der Waals surface area contributed by atoms with E-state index in [1.165, 1.54) is 4.68 Å². The molecule has 3 aromatic carbocycles. The average Bonchev–Trinajstić information content (AvgIpc) is 3.36. The molecule has 1 aromatic heterocycles. The fourth-order valence-corrected chi connectivity index (χ4v) is 5.63. The van der Waals surface area contributed by atoms with Crippen molar-refractivity contribution in [2.24, 2.45) is 0 Å². The lowest BCUT2D eigenvalue weighted by atomic mass is 9.79. The van der Waals surface area contributed by atoms with Crippen LogP contribution in [-0.2, 0) is 10.3 Å². The second-order valence-corrected chi connectivity index (χ2v) is 10.9. The van der Waals surface area contributed by atoms with Crippen LogP contribution in [0.4, 0.5) is 5.69 Å². The maximum atomic E-state index is 14.2. The molecule has 0 aliphatic carbocycles. The van der Waals surface area contributed by atoms with Gasteiger partial charge in [-0.05, 0) is 63.1 Å². The van der Waals surface area contributed by atoms with Crippen molar-refractivity contribution >= 4 is 11.6 Å². The number of hydrogen-bond donors (Lipinski definition) is 1. The van der Waals surface area contributed by atoms with Crippen LogP contribution in [0.3, 0.4) is 0 Å². The van der Waals surface area contributed by atoms with Crippen molar-refractivity contribution in [1.82, 2.24) is 24.6 Å². The Bertz CT molecular complexity index is 1430. The van der Waals surface area contributed by atoms with Crippen LogP contribution < -0.4 is 15.9 Å². The van der Waals surface area contributed by atoms with Gasteiger partial charge in [0.2, 0.25) is 5.91 Å². The first-order valence-electron chi connectivity index (χ1n) is 14.0. The molecular weight excluding hydrogens is 500 g/mol. The summed E-state index contributed by atoms with van der Waals surface area (Å²) in [6.45, 7) is 10.8. The highest BCUT2D eigenvalue weighted by atomic mass is 16.2. The van der Waals surface area contributed by atoms with E-state index in [1.54, 1.807) is 10.9 Å². The zero-order valence-corrected chi connectivity index (χ0v) is 23.7. The maximum absolute atomic E-state index is 14.2. The lowest BCUT2D eigenvalue weighted by Crippen LogP contribution is -2.62. The van der Waals surface area contributed by atoms with Crippen molar-refractivity contribution < 1.29 is 4.79 Å². The van der Waals surface area contributed by atoms with Gasteiger partial charge in [-0.2, -0.15) is 5.10 Å². The molecule has 1 N–H and O–H groups in total. The summed E-state index contributed by atoms with van der Waals surface area (Å²) in [5.41, 5.74) is 2.71. The minimum atomic E-state index is -0.944. The number of aromatic nitrogens is 3. The number of nitrogens with zero attached hydrogens (tertiary/aromatic N) is 5. The summed E-state index contributed by atoms with van der Waals surface area (Å²) in [6.07, 6.45) is 1.57. The Labute approximate surface area is 235 Å². The molecule has 0 saturated carbocycles. The Balaban J connectivity index is 1.42. The summed E-state index contributed by atoms with van der Waals surface area (Å²) in [5.74, 6) is -0.00918. The van der Waals surface area contributed by atoms with Gasteiger partial charge in [0.1, 0.15) is 6.33 Å². The first-order chi connectivity index (χ1) is 19.3. The van der Waals surface area contributed by atoms with Gasteiger partial charge in [0.25, 0.3) is 0 Å². The summed E-state index contributed by atoms with van der Waals surface area (Å²) in [6, 6.07) is 28.3. The molecule has 1 fully saturated rings. The standard InChI is InChI=1S/C32H38N6O2/c1-24(2)34-30(39)32(26-11-7-5-8-12-26,27-13-9-6-10-14-27)36-21-19-35(20-22-36)28-15-17-29(18-16-28)37-23-33-38(25(3)4)31(37)40/h5-18,23-25H,19-22H2,1-4H3,(H,34,39). The van der Waals surface area contributed by atoms with E-state index < -0.39 is 5.54 Å². The second kappa shape index (κ2) is 11.5. The lowest BCUT2D eigenvalue weighted by Gasteiger charge is -2.48. The zero-order chi connectivity index (χ0) is 28.3. The Morgan fingerprint density at radius 1 is 0.775 bits per heavy atom. The minimum Gasteiger partial charge on any atom is -0.369 e. The largest absolute Gasteiger partial charge is 0.369 e. The molecular formula is C32H38N6O2. The SMILES string of the molecule is CC(C)NC(=O)C(c1ccccc1)(c1ccccc1)N1CCN(c2ccc(-n3cnn(C(C)C)c3=O)cc2)CC1. The van der Waals surface area contributed by atoms with Crippen molar-refractivity contribution in [1.29, 1.82) is 0 Å². The van der Waals surface area contributed by atoms with Crippen molar-refractivity contribution in [3.8, 4) is 5.69 Å². The number of rotatable bonds is 8.